The van der Waals surface area contributed by atoms with Gasteiger partial charge in [0.25, 0.3) is 0 Å². The predicted octanol–water partition coefficient (Wildman–Crippen LogP) is 3.30. The van der Waals surface area contributed by atoms with E-state index in [1.165, 1.54) is 24.4 Å². The van der Waals surface area contributed by atoms with Crippen molar-refractivity contribution in [3.63, 3.8) is 0 Å². The van der Waals surface area contributed by atoms with Gasteiger partial charge in [-0.15, -0.1) is 0 Å². The van der Waals surface area contributed by atoms with Crippen molar-refractivity contribution in [3.05, 3.63) is 47.8 Å². The SMILES string of the molecule is Cc1ccc(Nc2c(NS(=O)C3CC3)nc3ccnn3c2F)c(F)c1. The van der Waals surface area contributed by atoms with E-state index in [1.54, 1.807) is 13.0 Å². The molecule has 0 bridgehead atoms. The zero-order chi connectivity index (χ0) is 17.6. The normalized spacial score (nSPS) is 15.3. The lowest BCUT2D eigenvalue weighted by Gasteiger charge is -2.15. The van der Waals surface area contributed by atoms with Crippen LogP contribution < -0.4 is 10.0 Å². The molecule has 1 aliphatic rings. The second-order valence-corrected chi connectivity index (χ2v) is 7.40. The molecule has 25 heavy (non-hydrogen) atoms. The lowest BCUT2D eigenvalue weighted by atomic mass is 10.2. The molecule has 2 aromatic heterocycles. The summed E-state index contributed by atoms with van der Waals surface area (Å²) in [4.78, 5) is 4.26. The first-order valence-electron chi connectivity index (χ1n) is 7.76. The molecular formula is C16H15F2N5OS. The molecule has 1 aliphatic carbocycles. The van der Waals surface area contributed by atoms with Gasteiger partial charge in [-0.05, 0) is 37.5 Å². The van der Waals surface area contributed by atoms with Crippen molar-refractivity contribution in [2.75, 3.05) is 10.0 Å². The van der Waals surface area contributed by atoms with E-state index < -0.39 is 22.8 Å². The van der Waals surface area contributed by atoms with Crippen LogP contribution in [0, 0.1) is 18.7 Å². The fourth-order valence-electron chi connectivity index (χ4n) is 2.41. The summed E-state index contributed by atoms with van der Waals surface area (Å²) >= 11 is 0. The number of nitrogens with zero attached hydrogens (tertiary/aromatic N) is 3. The van der Waals surface area contributed by atoms with E-state index in [1.807, 2.05) is 0 Å². The van der Waals surface area contributed by atoms with Crippen LogP contribution in [-0.2, 0) is 11.0 Å². The lowest BCUT2D eigenvalue weighted by Crippen LogP contribution is -2.15. The Balaban J connectivity index is 1.78. The highest BCUT2D eigenvalue weighted by Gasteiger charge is 2.30. The third-order valence-corrected chi connectivity index (χ3v) is 5.36. The van der Waals surface area contributed by atoms with Crippen molar-refractivity contribution in [1.82, 2.24) is 14.6 Å². The Bertz CT molecular complexity index is 986. The van der Waals surface area contributed by atoms with Crippen LogP contribution in [-0.4, -0.2) is 24.1 Å². The van der Waals surface area contributed by atoms with E-state index in [4.69, 9.17) is 0 Å². The molecule has 2 heterocycles. The molecule has 6 nitrogen and oxygen atoms in total. The van der Waals surface area contributed by atoms with Crippen LogP contribution >= 0.6 is 0 Å². The highest BCUT2D eigenvalue weighted by atomic mass is 32.2. The van der Waals surface area contributed by atoms with Crippen molar-refractivity contribution in [3.8, 4) is 0 Å². The number of hydrogen-bond donors (Lipinski definition) is 2. The molecule has 3 aromatic rings. The van der Waals surface area contributed by atoms with E-state index in [0.717, 1.165) is 22.9 Å². The molecule has 1 atom stereocenters. The van der Waals surface area contributed by atoms with Gasteiger partial charge in [0.1, 0.15) is 22.5 Å². The third-order valence-electron chi connectivity index (χ3n) is 3.89. The molecule has 0 radical (unpaired) electrons. The second-order valence-electron chi connectivity index (χ2n) is 5.93. The summed E-state index contributed by atoms with van der Waals surface area (Å²) in [5.74, 6) is -1.20. The maximum absolute atomic E-state index is 14.9. The maximum atomic E-state index is 14.9. The smallest absolute Gasteiger partial charge is 0.243 e. The number of rotatable bonds is 5. The Labute approximate surface area is 144 Å². The molecule has 4 rings (SSSR count). The molecule has 0 amide bonds. The summed E-state index contributed by atoms with van der Waals surface area (Å²) < 4.78 is 44.9. The average Bonchev–Trinajstić information content (AvgIpc) is 3.32. The lowest BCUT2D eigenvalue weighted by molar-refractivity contribution is 0.546. The molecule has 0 saturated heterocycles. The summed E-state index contributed by atoms with van der Waals surface area (Å²) in [5, 5.41) is 6.62. The van der Waals surface area contributed by atoms with Gasteiger partial charge in [-0.25, -0.2) is 13.6 Å². The molecular weight excluding hydrogens is 348 g/mol. The molecule has 2 N–H and O–H groups in total. The van der Waals surface area contributed by atoms with Gasteiger partial charge in [0.2, 0.25) is 5.95 Å². The maximum Gasteiger partial charge on any atom is 0.243 e. The van der Waals surface area contributed by atoms with Gasteiger partial charge in [-0.2, -0.15) is 14.0 Å². The van der Waals surface area contributed by atoms with Gasteiger partial charge in [0.15, 0.2) is 11.5 Å². The Morgan fingerprint density at radius 2 is 2.08 bits per heavy atom. The summed E-state index contributed by atoms with van der Waals surface area (Å²) in [5.41, 5.74) is 1.01. The van der Waals surface area contributed by atoms with Crippen molar-refractivity contribution in [2.45, 2.75) is 25.0 Å². The Hall–Kier alpha value is -2.55. The van der Waals surface area contributed by atoms with Crippen LogP contribution in [0.15, 0.2) is 30.5 Å². The van der Waals surface area contributed by atoms with Crippen molar-refractivity contribution in [1.29, 1.82) is 0 Å². The zero-order valence-electron chi connectivity index (χ0n) is 13.3. The number of halogens is 2. The first-order chi connectivity index (χ1) is 12.0. The van der Waals surface area contributed by atoms with Crippen LogP contribution in [0.5, 0.6) is 0 Å². The van der Waals surface area contributed by atoms with Crippen molar-refractivity contribution < 1.29 is 13.0 Å². The van der Waals surface area contributed by atoms with Crippen LogP contribution in [0.1, 0.15) is 18.4 Å². The second kappa shape index (κ2) is 6.07. The van der Waals surface area contributed by atoms with E-state index in [9.17, 15) is 13.0 Å². The van der Waals surface area contributed by atoms with Gasteiger partial charge in [-0.3, -0.25) is 4.72 Å². The van der Waals surface area contributed by atoms with E-state index in [0.29, 0.717) is 0 Å². The third kappa shape index (κ3) is 3.07. The van der Waals surface area contributed by atoms with Crippen LogP contribution in [0.25, 0.3) is 5.65 Å². The summed E-state index contributed by atoms with van der Waals surface area (Å²) in [6.07, 6.45) is 3.11. The number of aryl methyl sites for hydroxylation is 1. The van der Waals surface area contributed by atoms with Gasteiger partial charge in [0.05, 0.1) is 17.1 Å². The number of anilines is 3. The quantitative estimate of drug-likeness (QED) is 0.683. The molecule has 130 valence electrons. The Morgan fingerprint density at radius 3 is 2.80 bits per heavy atom. The highest BCUT2D eigenvalue weighted by Crippen LogP contribution is 2.32. The fraction of sp³-hybridized carbons (Fsp3) is 0.250. The minimum atomic E-state index is -1.37. The average molecular weight is 363 g/mol. The van der Waals surface area contributed by atoms with Crippen molar-refractivity contribution in [2.24, 2.45) is 0 Å². The Kier molecular flexibility index (Phi) is 3.87. The number of benzene rings is 1. The number of aromatic nitrogens is 3. The largest absolute Gasteiger partial charge is 0.346 e. The van der Waals surface area contributed by atoms with Crippen LogP contribution in [0.2, 0.25) is 0 Å². The molecule has 0 spiro atoms. The summed E-state index contributed by atoms with van der Waals surface area (Å²) in [6.45, 7) is 1.76. The minimum absolute atomic E-state index is 0.0370. The van der Waals surface area contributed by atoms with Gasteiger partial charge < -0.3 is 5.32 Å². The van der Waals surface area contributed by atoms with Crippen molar-refractivity contribution >= 4 is 33.8 Å². The zero-order valence-corrected chi connectivity index (χ0v) is 14.1. The first kappa shape index (κ1) is 15.9. The minimum Gasteiger partial charge on any atom is -0.346 e. The van der Waals surface area contributed by atoms with Gasteiger partial charge in [-0.1, -0.05) is 6.07 Å². The standard InChI is InChI=1S/C16H15F2N5OS/c1-9-2-5-12(11(17)8-9)20-14-15(18)23-13(6-7-19-23)21-16(14)22-25(24)10-3-4-10/h2,5-8,10,20H,3-4H2,1H3,(H,21,22). The fourth-order valence-corrected chi connectivity index (χ4v) is 3.48. The molecule has 1 unspecified atom stereocenters. The molecule has 1 saturated carbocycles. The summed E-state index contributed by atoms with van der Waals surface area (Å²) in [6, 6.07) is 6.10. The number of nitrogens with one attached hydrogen (secondary N) is 2. The van der Waals surface area contributed by atoms with E-state index in [-0.39, 0.29) is 28.1 Å². The Morgan fingerprint density at radius 1 is 1.28 bits per heavy atom. The summed E-state index contributed by atoms with van der Waals surface area (Å²) in [7, 11) is -1.37. The van der Waals surface area contributed by atoms with Crippen LogP contribution in [0.4, 0.5) is 26.0 Å². The van der Waals surface area contributed by atoms with Crippen LogP contribution in [0.3, 0.4) is 0 Å². The molecule has 0 aliphatic heterocycles. The molecule has 1 fully saturated rings. The van der Waals surface area contributed by atoms with E-state index in [2.05, 4.69) is 20.1 Å². The molecule has 9 heteroatoms. The number of fused-ring (bicyclic) bond motifs is 1. The number of hydrogen-bond acceptors (Lipinski definition) is 4. The topological polar surface area (TPSA) is 71.3 Å². The van der Waals surface area contributed by atoms with Gasteiger partial charge >= 0.3 is 0 Å². The first-order valence-corrected chi connectivity index (χ1v) is 8.98. The van der Waals surface area contributed by atoms with Gasteiger partial charge in [0, 0.05) is 6.07 Å². The monoisotopic (exact) mass is 363 g/mol. The predicted molar refractivity (Wildman–Crippen MR) is 92.2 cm³/mol. The molecule has 1 aromatic carbocycles. The van der Waals surface area contributed by atoms with E-state index >= 15 is 0 Å². The highest BCUT2D eigenvalue weighted by molar-refractivity contribution is 7.87.